The standard InChI is InChI=1S/C23H26O4/c1-16(2)17-12-14-19(15-13-17)22(24)27-21(18-8-4-3-5-9-18)23(25)26-20-10-6-7-11-20/h3-5,8-9,12-16,20-21H,6-7,10-11H2,1-2H3. The van der Waals surface area contributed by atoms with Crippen molar-refractivity contribution in [3.8, 4) is 0 Å². The molecule has 1 saturated carbocycles. The van der Waals surface area contributed by atoms with Gasteiger partial charge in [-0.15, -0.1) is 0 Å². The van der Waals surface area contributed by atoms with Crippen molar-refractivity contribution in [1.29, 1.82) is 0 Å². The van der Waals surface area contributed by atoms with Crippen molar-refractivity contribution >= 4 is 11.9 Å². The summed E-state index contributed by atoms with van der Waals surface area (Å²) < 4.78 is 11.2. The molecule has 1 aliphatic rings. The van der Waals surface area contributed by atoms with E-state index in [1.807, 2.05) is 30.3 Å². The molecule has 1 unspecified atom stereocenters. The lowest BCUT2D eigenvalue weighted by Crippen LogP contribution is -2.25. The van der Waals surface area contributed by atoms with Crippen LogP contribution in [-0.4, -0.2) is 18.0 Å². The third-order valence-corrected chi connectivity index (χ3v) is 4.94. The molecule has 1 aliphatic carbocycles. The minimum atomic E-state index is -1.05. The molecule has 142 valence electrons. The van der Waals surface area contributed by atoms with Gasteiger partial charge >= 0.3 is 11.9 Å². The molecule has 0 amide bonds. The molecular formula is C23H26O4. The van der Waals surface area contributed by atoms with Crippen LogP contribution >= 0.6 is 0 Å². The maximum atomic E-state index is 12.7. The Morgan fingerprint density at radius 1 is 0.889 bits per heavy atom. The molecule has 0 saturated heterocycles. The van der Waals surface area contributed by atoms with Crippen LogP contribution in [0.1, 0.15) is 73.0 Å². The molecule has 4 heteroatoms. The van der Waals surface area contributed by atoms with Gasteiger partial charge in [-0.25, -0.2) is 9.59 Å². The molecule has 4 nitrogen and oxygen atoms in total. The van der Waals surface area contributed by atoms with Gasteiger partial charge in [-0.3, -0.25) is 0 Å². The van der Waals surface area contributed by atoms with Crippen molar-refractivity contribution in [3.05, 3.63) is 71.3 Å². The Kier molecular flexibility index (Phi) is 6.28. The average Bonchev–Trinajstić information content (AvgIpc) is 3.19. The first-order chi connectivity index (χ1) is 13.0. The van der Waals surface area contributed by atoms with Gasteiger partial charge in [0.1, 0.15) is 6.10 Å². The number of carbonyl (C=O) groups excluding carboxylic acids is 2. The highest BCUT2D eigenvalue weighted by Gasteiger charge is 2.30. The maximum absolute atomic E-state index is 12.7. The smallest absolute Gasteiger partial charge is 0.352 e. The summed E-state index contributed by atoms with van der Waals surface area (Å²) in [5.41, 5.74) is 2.19. The van der Waals surface area contributed by atoms with Gasteiger partial charge < -0.3 is 9.47 Å². The molecule has 0 bridgehead atoms. The fraction of sp³-hybridized carbons (Fsp3) is 0.391. The van der Waals surface area contributed by atoms with Gasteiger partial charge in [-0.1, -0.05) is 56.3 Å². The first-order valence-electron chi connectivity index (χ1n) is 9.61. The molecule has 1 atom stereocenters. The number of ether oxygens (including phenoxy) is 2. The van der Waals surface area contributed by atoms with Crippen LogP contribution in [0.3, 0.4) is 0 Å². The van der Waals surface area contributed by atoms with E-state index in [0.717, 1.165) is 31.2 Å². The fourth-order valence-corrected chi connectivity index (χ4v) is 3.29. The first kappa shape index (κ1) is 19.2. The Bertz CT molecular complexity index is 759. The summed E-state index contributed by atoms with van der Waals surface area (Å²) in [5.74, 6) is -0.642. The minimum absolute atomic E-state index is 0.0762. The highest BCUT2D eigenvalue weighted by molar-refractivity contribution is 5.91. The Balaban J connectivity index is 1.75. The lowest BCUT2D eigenvalue weighted by Gasteiger charge is -2.20. The molecule has 0 aromatic heterocycles. The monoisotopic (exact) mass is 366 g/mol. The predicted molar refractivity (Wildman–Crippen MR) is 103 cm³/mol. The second-order valence-electron chi connectivity index (χ2n) is 7.32. The number of esters is 2. The third-order valence-electron chi connectivity index (χ3n) is 4.94. The molecule has 27 heavy (non-hydrogen) atoms. The van der Waals surface area contributed by atoms with Crippen molar-refractivity contribution in [2.45, 2.75) is 57.7 Å². The molecule has 0 aliphatic heterocycles. The summed E-state index contributed by atoms with van der Waals surface area (Å²) >= 11 is 0. The van der Waals surface area contributed by atoms with E-state index in [1.54, 1.807) is 24.3 Å². The lowest BCUT2D eigenvalue weighted by atomic mass is 10.0. The van der Waals surface area contributed by atoms with Crippen LogP contribution in [0.2, 0.25) is 0 Å². The molecule has 3 rings (SSSR count). The van der Waals surface area contributed by atoms with Gasteiger partial charge in [-0.2, -0.15) is 0 Å². The van der Waals surface area contributed by atoms with E-state index < -0.39 is 18.0 Å². The quantitative estimate of drug-likeness (QED) is 0.660. The first-order valence-corrected chi connectivity index (χ1v) is 9.61. The Morgan fingerprint density at radius 3 is 2.11 bits per heavy atom. The van der Waals surface area contributed by atoms with Gasteiger partial charge in [0, 0.05) is 5.56 Å². The van der Waals surface area contributed by atoms with Crippen molar-refractivity contribution in [2.75, 3.05) is 0 Å². The van der Waals surface area contributed by atoms with E-state index in [0.29, 0.717) is 17.0 Å². The molecular weight excluding hydrogens is 340 g/mol. The third kappa shape index (κ3) is 4.97. The highest BCUT2D eigenvalue weighted by atomic mass is 16.6. The SMILES string of the molecule is CC(C)c1ccc(C(=O)OC(C(=O)OC2CCCC2)c2ccccc2)cc1. The van der Waals surface area contributed by atoms with Gasteiger partial charge in [-0.05, 0) is 49.3 Å². The largest absolute Gasteiger partial charge is 0.459 e. The highest BCUT2D eigenvalue weighted by Crippen LogP contribution is 2.26. The van der Waals surface area contributed by atoms with Gasteiger partial charge in [0.2, 0.25) is 6.10 Å². The zero-order valence-corrected chi connectivity index (χ0v) is 15.9. The van der Waals surface area contributed by atoms with E-state index >= 15 is 0 Å². The van der Waals surface area contributed by atoms with Crippen LogP contribution in [0, 0.1) is 0 Å². The van der Waals surface area contributed by atoms with Crippen LogP contribution in [-0.2, 0) is 14.3 Å². The zero-order valence-electron chi connectivity index (χ0n) is 15.9. The summed E-state index contributed by atoms with van der Waals surface area (Å²) in [6, 6.07) is 16.3. The van der Waals surface area contributed by atoms with E-state index in [1.165, 1.54) is 0 Å². The molecule has 1 fully saturated rings. The molecule has 2 aromatic carbocycles. The Morgan fingerprint density at radius 2 is 1.52 bits per heavy atom. The van der Waals surface area contributed by atoms with Crippen molar-refractivity contribution in [1.82, 2.24) is 0 Å². The van der Waals surface area contributed by atoms with Gasteiger partial charge in [0.15, 0.2) is 0 Å². The number of benzene rings is 2. The molecule has 0 heterocycles. The summed E-state index contributed by atoms with van der Waals surface area (Å²) in [6.45, 7) is 4.19. The maximum Gasteiger partial charge on any atom is 0.352 e. The summed E-state index contributed by atoms with van der Waals surface area (Å²) in [6.07, 6.45) is 2.75. The van der Waals surface area contributed by atoms with Crippen molar-refractivity contribution in [2.24, 2.45) is 0 Å². The lowest BCUT2D eigenvalue weighted by molar-refractivity contribution is -0.159. The summed E-state index contributed by atoms with van der Waals surface area (Å²) in [4.78, 5) is 25.3. The van der Waals surface area contributed by atoms with Crippen LogP contribution in [0.4, 0.5) is 0 Å². The average molecular weight is 366 g/mol. The fourth-order valence-electron chi connectivity index (χ4n) is 3.29. The number of hydrogen-bond donors (Lipinski definition) is 0. The molecule has 0 spiro atoms. The Hall–Kier alpha value is -2.62. The molecule has 2 aromatic rings. The topological polar surface area (TPSA) is 52.6 Å². The zero-order chi connectivity index (χ0) is 19.2. The van der Waals surface area contributed by atoms with Crippen molar-refractivity contribution < 1.29 is 19.1 Å². The number of carbonyl (C=O) groups is 2. The second kappa shape index (κ2) is 8.85. The normalized spacial score (nSPS) is 15.5. The van der Waals surface area contributed by atoms with Crippen LogP contribution in [0.5, 0.6) is 0 Å². The van der Waals surface area contributed by atoms with Crippen LogP contribution in [0.25, 0.3) is 0 Å². The number of hydrogen-bond acceptors (Lipinski definition) is 4. The van der Waals surface area contributed by atoms with E-state index in [4.69, 9.17) is 9.47 Å². The molecule has 0 radical (unpaired) electrons. The van der Waals surface area contributed by atoms with E-state index in [2.05, 4.69) is 13.8 Å². The summed E-state index contributed by atoms with van der Waals surface area (Å²) in [5, 5.41) is 0. The number of rotatable bonds is 6. The van der Waals surface area contributed by atoms with E-state index in [9.17, 15) is 9.59 Å². The predicted octanol–water partition coefficient (Wildman–Crippen LogP) is 5.19. The van der Waals surface area contributed by atoms with Crippen molar-refractivity contribution in [3.63, 3.8) is 0 Å². The van der Waals surface area contributed by atoms with E-state index in [-0.39, 0.29) is 6.10 Å². The minimum Gasteiger partial charge on any atom is -0.459 e. The van der Waals surface area contributed by atoms with Gasteiger partial charge in [0.05, 0.1) is 5.56 Å². The van der Waals surface area contributed by atoms with Gasteiger partial charge in [0.25, 0.3) is 0 Å². The molecule has 0 N–H and O–H groups in total. The van der Waals surface area contributed by atoms with Crippen LogP contribution in [0.15, 0.2) is 54.6 Å². The van der Waals surface area contributed by atoms with Crippen LogP contribution < -0.4 is 0 Å². The Labute approximate surface area is 160 Å². The second-order valence-corrected chi connectivity index (χ2v) is 7.32. The summed E-state index contributed by atoms with van der Waals surface area (Å²) in [7, 11) is 0.